The molecule has 36 heavy (non-hydrogen) atoms. The lowest BCUT2D eigenvalue weighted by Crippen LogP contribution is -2.57. The fourth-order valence-electron chi connectivity index (χ4n) is 4.59. The number of nitrogens with zero attached hydrogens (tertiary/aromatic N) is 2. The minimum Gasteiger partial charge on any atom is -0.508 e. The minimum absolute atomic E-state index is 0.126. The molecule has 3 rings (SSSR count). The summed E-state index contributed by atoms with van der Waals surface area (Å²) in [5.41, 5.74) is 2.32. The number of nitrogens with one attached hydrogen (secondary N) is 2. The van der Waals surface area contributed by atoms with Crippen LogP contribution in [0.2, 0.25) is 0 Å². The number of hydrogen-bond acceptors (Lipinski definition) is 6. The van der Waals surface area contributed by atoms with Crippen LogP contribution in [0.4, 0.5) is 0 Å². The second kappa shape index (κ2) is 12.3. The van der Waals surface area contributed by atoms with E-state index in [-0.39, 0.29) is 24.4 Å². The average molecular weight is 495 g/mol. The van der Waals surface area contributed by atoms with Gasteiger partial charge in [-0.2, -0.15) is 0 Å². The van der Waals surface area contributed by atoms with Crippen molar-refractivity contribution in [2.45, 2.75) is 32.0 Å². The number of phenolic OH excluding ortho intramolecular Hbond substituents is 1. The van der Waals surface area contributed by atoms with E-state index in [0.717, 1.165) is 30.8 Å². The average Bonchev–Trinajstić information content (AvgIpc) is 2.85. The first-order valence-corrected chi connectivity index (χ1v) is 12.0. The molecule has 9 heteroatoms. The number of benzene rings is 2. The van der Waals surface area contributed by atoms with Gasteiger partial charge in [-0.05, 0) is 49.2 Å². The second-order valence-corrected chi connectivity index (χ2v) is 9.11. The molecule has 0 radical (unpaired) electrons. The molecule has 0 bridgehead atoms. The Labute approximate surface area is 211 Å². The van der Waals surface area contributed by atoms with E-state index in [0.29, 0.717) is 11.6 Å². The molecule has 2 aromatic carbocycles. The van der Waals surface area contributed by atoms with E-state index in [2.05, 4.69) is 40.9 Å². The van der Waals surface area contributed by atoms with Crippen LogP contribution in [0, 0.1) is 0 Å². The van der Waals surface area contributed by atoms with Crippen LogP contribution in [0.25, 0.3) is 0 Å². The third-order valence-corrected chi connectivity index (χ3v) is 6.38. The molecule has 0 aliphatic carbocycles. The smallest absolute Gasteiger partial charge is 0.322 e. The zero-order chi connectivity index (χ0) is 26.2. The number of aromatic hydroxyl groups is 1. The monoisotopic (exact) mass is 494 g/mol. The Morgan fingerprint density at radius 3 is 2.39 bits per heavy atom. The van der Waals surface area contributed by atoms with Gasteiger partial charge in [0.05, 0.1) is 12.6 Å². The summed E-state index contributed by atoms with van der Waals surface area (Å²) in [6.07, 6.45) is 1.92. The van der Waals surface area contributed by atoms with Gasteiger partial charge in [-0.3, -0.25) is 24.2 Å². The molecule has 1 aliphatic rings. The Morgan fingerprint density at radius 2 is 1.75 bits per heavy atom. The Kier molecular flexibility index (Phi) is 9.21. The minimum atomic E-state index is -1.16. The van der Waals surface area contributed by atoms with Gasteiger partial charge in [0, 0.05) is 37.3 Å². The third kappa shape index (κ3) is 6.93. The highest BCUT2D eigenvalue weighted by Crippen LogP contribution is 2.34. The van der Waals surface area contributed by atoms with E-state index in [4.69, 9.17) is 5.11 Å². The van der Waals surface area contributed by atoms with E-state index in [9.17, 15) is 19.5 Å². The van der Waals surface area contributed by atoms with E-state index in [1.54, 1.807) is 24.3 Å². The number of carbonyl (C=O) groups excluding carboxylic acids is 2. The molecule has 2 aromatic rings. The molecule has 0 aromatic heterocycles. The SMILES string of the molecule is C=CCN1CC(C)N(C(c2ccc(C(=O)NCC(=O)NCC(=O)O)cc2)c2cccc(O)c2)CC1C. The van der Waals surface area contributed by atoms with Crippen molar-refractivity contribution in [2.75, 3.05) is 32.7 Å². The molecule has 192 valence electrons. The Balaban J connectivity index is 1.80. The Bertz CT molecular complexity index is 1090. The molecule has 1 aliphatic heterocycles. The molecule has 0 saturated carbocycles. The van der Waals surface area contributed by atoms with Crippen molar-refractivity contribution in [1.29, 1.82) is 0 Å². The van der Waals surface area contributed by atoms with Crippen molar-refractivity contribution in [2.24, 2.45) is 0 Å². The van der Waals surface area contributed by atoms with E-state index in [1.165, 1.54) is 0 Å². The highest BCUT2D eigenvalue weighted by molar-refractivity contribution is 5.96. The number of rotatable bonds is 10. The molecular formula is C27H34N4O5. The zero-order valence-corrected chi connectivity index (χ0v) is 20.7. The molecule has 1 fully saturated rings. The first-order chi connectivity index (χ1) is 17.2. The first-order valence-electron chi connectivity index (χ1n) is 12.0. The number of phenols is 1. The zero-order valence-electron chi connectivity index (χ0n) is 20.7. The molecule has 1 heterocycles. The summed E-state index contributed by atoms with van der Waals surface area (Å²) in [6.45, 7) is 9.97. The summed E-state index contributed by atoms with van der Waals surface area (Å²) in [6, 6.07) is 14.9. The molecular weight excluding hydrogens is 460 g/mol. The maximum Gasteiger partial charge on any atom is 0.322 e. The summed E-state index contributed by atoms with van der Waals surface area (Å²) in [4.78, 5) is 39.6. The number of carboxylic acid groups (broad SMARTS) is 1. The van der Waals surface area contributed by atoms with Crippen LogP contribution in [0.5, 0.6) is 5.75 Å². The number of aliphatic carboxylic acids is 1. The number of amides is 2. The van der Waals surface area contributed by atoms with Gasteiger partial charge in [0.1, 0.15) is 12.3 Å². The summed E-state index contributed by atoms with van der Waals surface area (Å²) in [5.74, 6) is -1.97. The topological polar surface area (TPSA) is 122 Å². The normalized spacial score (nSPS) is 19.3. The van der Waals surface area contributed by atoms with Crippen molar-refractivity contribution in [3.63, 3.8) is 0 Å². The Morgan fingerprint density at radius 1 is 1.03 bits per heavy atom. The van der Waals surface area contributed by atoms with Gasteiger partial charge in [-0.1, -0.05) is 30.3 Å². The molecule has 4 N–H and O–H groups in total. The predicted octanol–water partition coefficient (Wildman–Crippen LogP) is 1.99. The molecule has 1 saturated heterocycles. The highest BCUT2D eigenvalue weighted by atomic mass is 16.4. The van der Waals surface area contributed by atoms with E-state index < -0.39 is 24.3 Å². The van der Waals surface area contributed by atoms with E-state index in [1.807, 2.05) is 30.3 Å². The van der Waals surface area contributed by atoms with Crippen molar-refractivity contribution in [3.8, 4) is 5.75 Å². The molecule has 3 atom stereocenters. The summed E-state index contributed by atoms with van der Waals surface area (Å²) in [7, 11) is 0. The summed E-state index contributed by atoms with van der Waals surface area (Å²) >= 11 is 0. The van der Waals surface area contributed by atoms with Crippen molar-refractivity contribution < 1.29 is 24.6 Å². The highest BCUT2D eigenvalue weighted by Gasteiger charge is 2.34. The van der Waals surface area contributed by atoms with Crippen molar-refractivity contribution in [3.05, 3.63) is 77.9 Å². The fourth-order valence-corrected chi connectivity index (χ4v) is 4.59. The van der Waals surface area contributed by atoms with Crippen LogP contribution in [0.1, 0.15) is 41.4 Å². The lowest BCUT2D eigenvalue weighted by molar-refractivity contribution is -0.137. The van der Waals surface area contributed by atoms with Gasteiger partial charge in [0.15, 0.2) is 0 Å². The van der Waals surface area contributed by atoms with Gasteiger partial charge in [0.25, 0.3) is 5.91 Å². The van der Waals surface area contributed by atoms with Crippen LogP contribution in [0.3, 0.4) is 0 Å². The van der Waals surface area contributed by atoms with Gasteiger partial charge in [-0.15, -0.1) is 6.58 Å². The molecule has 3 unspecified atom stereocenters. The fraction of sp³-hybridized carbons (Fsp3) is 0.370. The number of hydrogen-bond donors (Lipinski definition) is 4. The van der Waals surface area contributed by atoms with Gasteiger partial charge < -0.3 is 20.8 Å². The van der Waals surface area contributed by atoms with Crippen molar-refractivity contribution >= 4 is 17.8 Å². The van der Waals surface area contributed by atoms with Crippen LogP contribution in [-0.2, 0) is 9.59 Å². The number of carbonyl (C=O) groups is 3. The number of piperazine rings is 1. The summed E-state index contributed by atoms with van der Waals surface area (Å²) in [5, 5.41) is 23.5. The lowest BCUT2D eigenvalue weighted by atomic mass is 9.92. The Hall–Kier alpha value is -3.69. The predicted molar refractivity (Wildman–Crippen MR) is 137 cm³/mol. The van der Waals surface area contributed by atoms with Crippen molar-refractivity contribution in [1.82, 2.24) is 20.4 Å². The number of carboxylic acids is 1. The molecule has 2 amide bonds. The third-order valence-electron chi connectivity index (χ3n) is 6.38. The largest absolute Gasteiger partial charge is 0.508 e. The van der Waals surface area contributed by atoms with Crippen LogP contribution >= 0.6 is 0 Å². The van der Waals surface area contributed by atoms with Crippen LogP contribution < -0.4 is 10.6 Å². The van der Waals surface area contributed by atoms with Crippen LogP contribution in [0.15, 0.2) is 61.2 Å². The van der Waals surface area contributed by atoms with Gasteiger partial charge in [-0.25, -0.2) is 0 Å². The van der Waals surface area contributed by atoms with Gasteiger partial charge in [0.2, 0.25) is 5.91 Å². The maximum atomic E-state index is 12.5. The summed E-state index contributed by atoms with van der Waals surface area (Å²) < 4.78 is 0. The van der Waals surface area contributed by atoms with Gasteiger partial charge >= 0.3 is 5.97 Å². The quantitative estimate of drug-likeness (QED) is 0.373. The van der Waals surface area contributed by atoms with E-state index >= 15 is 0 Å². The maximum absolute atomic E-state index is 12.5. The van der Waals surface area contributed by atoms with Crippen LogP contribution in [-0.4, -0.2) is 82.6 Å². The lowest BCUT2D eigenvalue weighted by Gasteiger charge is -2.47. The molecule has 0 spiro atoms. The molecule has 9 nitrogen and oxygen atoms in total. The standard InChI is InChI=1S/C27H34N4O5/c1-4-12-30-16-19(3)31(17-18(30)2)26(22-6-5-7-23(32)13-22)20-8-10-21(11-9-20)27(36)29-14-24(33)28-15-25(34)35/h4-11,13,18-19,26,32H,1,12,14-17H2,2-3H3,(H,28,33)(H,29,36)(H,34,35). The first kappa shape index (κ1) is 26.9. The second-order valence-electron chi connectivity index (χ2n) is 9.11.